The first-order valence-corrected chi connectivity index (χ1v) is 13.1. The molecule has 3 aromatic rings. The van der Waals surface area contributed by atoms with E-state index in [0.29, 0.717) is 22.0 Å². The van der Waals surface area contributed by atoms with E-state index in [1.54, 1.807) is 32.4 Å². The monoisotopic (exact) mass is 518 g/mol. The Bertz CT molecular complexity index is 1290. The van der Waals surface area contributed by atoms with E-state index in [1.165, 1.54) is 6.42 Å². The van der Waals surface area contributed by atoms with Crippen molar-refractivity contribution in [1.29, 1.82) is 0 Å². The number of amides is 2. The number of anilines is 1. The molecule has 192 valence electrons. The van der Waals surface area contributed by atoms with E-state index in [9.17, 15) is 9.59 Å². The van der Waals surface area contributed by atoms with Gasteiger partial charge in [-0.05, 0) is 60.4 Å². The summed E-state index contributed by atoms with van der Waals surface area (Å²) in [6.07, 6.45) is 5.17. The van der Waals surface area contributed by atoms with E-state index in [4.69, 9.17) is 21.1 Å². The number of benzene rings is 3. The van der Waals surface area contributed by atoms with Gasteiger partial charge in [-0.1, -0.05) is 61.2 Å². The van der Waals surface area contributed by atoms with E-state index in [0.717, 1.165) is 42.6 Å². The molecule has 0 unspecified atom stereocenters. The molecule has 3 aromatic carbocycles. The first kappa shape index (κ1) is 25.2. The lowest BCUT2D eigenvalue weighted by atomic mass is 9.77. The SMILES string of the molecule is COc1ccc([C@@H]2[C@@H](C(=O)Nc3cc(Cl)ccc3OC)c3ccccc3C(=O)N2C2CCCCC2)cc1. The summed E-state index contributed by atoms with van der Waals surface area (Å²) >= 11 is 6.25. The minimum Gasteiger partial charge on any atom is -0.497 e. The Balaban J connectivity index is 1.64. The van der Waals surface area contributed by atoms with Crippen molar-refractivity contribution in [2.24, 2.45) is 0 Å². The van der Waals surface area contributed by atoms with E-state index < -0.39 is 12.0 Å². The molecule has 1 N–H and O–H groups in total. The minimum atomic E-state index is -0.632. The zero-order valence-corrected chi connectivity index (χ0v) is 21.8. The summed E-state index contributed by atoms with van der Waals surface area (Å²) < 4.78 is 10.9. The third-order valence-electron chi connectivity index (χ3n) is 7.50. The van der Waals surface area contributed by atoms with Gasteiger partial charge in [0.2, 0.25) is 5.91 Å². The predicted molar refractivity (Wildman–Crippen MR) is 145 cm³/mol. The molecule has 1 fully saturated rings. The van der Waals surface area contributed by atoms with E-state index in [1.807, 2.05) is 53.4 Å². The van der Waals surface area contributed by atoms with Gasteiger partial charge in [-0.15, -0.1) is 0 Å². The normalized spacial score (nSPS) is 19.8. The number of methoxy groups -OCH3 is 2. The number of hydrogen-bond donors (Lipinski definition) is 1. The zero-order chi connectivity index (χ0) is 25.9. The van der Waals surface area contributed by atoms with Crippen LogP contribution >= 0.6 is 11.6 Å². The summed E-state index contributed by atoms with van der Waals surface area (Å²) in [5, 5.41) is 3.55. The van der Waals surface area contributed by atoms with Gasteiger partial charge in [0, 0.05) is 16.6 Å². The smallest absolute Gasteiger partial charge is 0.254 e. The Morgan fingerprint density at radius 3 is 2.38 bits per heavy atom. The number of nitrogens with zero attached hydrogens (tertiary/aromatic N) is 1. The maximum Gasteiger partial charge on any atom is 0.254 e. The third-order valence-corrected chi connectivity index (χ3v) is 7.74. The number of fused-ring (bicyclic) bond motifs is 1. The molecular formula is C30H31ClN2O4. The molecule has 1 heterocycles. The Morgan fingerprint density at radius 2 is 1.68 bits per heavy atom. The van der Waals surface area contributed by atoms with Gasteiger partial charge in [0.15, 0.2) is 0 Å². The number of carbonyl (C=O) groups excluding carboxylic acids is 2. The van der Waals surface area contributed by atoms with Crippen LogP contribution < -0.4 is 14.8 Å². The second-order valence-electron chi connectivity index (χ2n) is 9.62. The molecule has 0 radical (unpaired) electrons. The Morgan fingerprint density at radius 1 is 0.946 bits per heavy atom. The summed E-state index contributed by atoms with van der Waals surface area (Å²) in [6.45, 7) is 0. The predicted octanol–water partition coefficient (Wildman–Crippen LogP) is 6.61. The van der Waals surface area contributed by atoms with Crippen LogP contribution in [-0.4, -0.2) is 37.0 Å². The number of carbonyl (C=O) groups is 2. The van der Waals surface area contributed by atoms with Gasteiger partial charge in [0.25, 0.3) is 5.91 Å². The average Bonchev–Trinajstić information content (AvgIpc) is 2.93. The second-order valence-corrected chi connectivity index (χ2v) is 10.1. The van der Waals surface area contributed by atoms with E-state index >= 15 is 0 Å². The van der Waals surface area contributed by atoms with Gasteiger partial charge in [-0.2, -0.15) is 0 Å². The number of hydrogen-bond acceptors (Lipinski definition) is 4. The summed E-state index contributed by atoms with van der Waals surface area (Å²) in [4.78, 5) is 30.2. The van der Waals surface area contributed by atoms with Crippen molar-refractivity contribution in [1.82, 2.24) is 4.90 Å². The fourth-order valence-corrected chi connectivity index (χ4v) is 5.91. The zero-order valence-electron chi connectivity index (χ0n) is 21.1. The first-order valence-electron chi connectivity index (χ1n) is 12.7. The first-order chi connectivity index (χ1) is 18.0. The highest BCUT2D eigenvalue weighted by Gasteiger charge is 2.46. The highest BCUT2D eigenvalue weighted by atomic mass is 35.5. The van der Waals surface area contributed by atoms with Crippen LogP contribution in [0.1, 0.15) is 65.5 Å². The minimum absolute atomic E-state index is 0.0206. The highest BCUT2D eigenvalue weighted by Crippen LogP contribution is 2.46. The van der Waals surface area contributed by atoms with Crippen LogP contribution in [0.15, 0.2) is 66.7 Å². The van der Waals surface area contributed by atoms with Crippen LogP contribution in [0.25, 0.3) is 0 Å². The van der Waals surface area contributed by atoms with Crippen LogP contribution in [0.2, 0.25) is 5.02 Å². The molecular weight excluding hydrogens is 488 g/mol. The molecule has 2 amide bonds. The second kappa shape index (κ2) is 10.9. The van der Waals surface area contributed by atoms with E-state index in [2.05, 4.69) is 5.32 Å². The molecule has 5 rings (SSSR count). The maximum absolute atomic E-state index is 14.2. The van der Waals surface area contributed by atoms with Crippen molar-refractivity contribution in [3.63, 3.8) is 0 Å². The number of rotatable bonds is 6. The summed E-state index contributed by atoms with van der Waals surface area (Å²) in [5.41, 5.74) is 2.69. The van der Waals surface area contributed by atoms with Crippen LogP contribution in [0, 0.1) is 0 Å². The fraction of sp³-hybridized carbons (Fsp3) is 0.333. The molecule has 1 aliphatic heterocycles. The van der Waals surface area contributed by atoms with Crippen molar-refractivity contribution in [3.05, 3.63) is 88.4 Å². The Kier molecular flexibility index (Phi) is 7.38. The molecule has 2 aliphatic rings. The molecule has 0 aromatic heterocycles. The van der Waals surface area contributed by atoms with Crippen molar-refractivity contribution in [2.75, 3.05) is 19.5 Å². The topological polar surface area (TPSA) is 67.9 Å². The summed E-state index contributed by atoms with van der Waals surface area (Å²) in [5.74, 6) is 0.367. The lowest BCUT2D eigenvalue weighted by Crippen LogP contribution is -2.51. The van der Waals surface area contributed by atoms with Crippen molar-refractivity contribution < 1.29 is 19.1 Å². The van der Waals surface area contributed by atoms with Gasteiger partial charge in [0.1, 0.15) is 11.5 Å². The Labute approximate surface area is 222 Å². The van der Waals surface area contributed by atoms with Crippen LogP contribution in [0.3, 0.4) is 0 Å². The number of ether oxygens (including phenoxy) is 2. The van der Waals surface area contributed by atoms with Crippen LogP contribution in [0.5, 0.6) is 11.5 Å². The largest absolute Gasteiger partial charge is 0.497 e. The maximum atomic E-state index is 14.2. The van der Waals surface area contributed by atoms with Crippen LogP contribution in [-0.2, 0) is 4.79 Å². The molecule has 1 saturated carbocycles. The van der Waals surface area contributed by atoms with Gasteiger partial charge in [-0.3, -0.25) is 9.59 Å². The molecule has 1 aliphatic carbocycles. The number of halogens is 1. The molecule has 37 heavy (non-hydrogen) atoms. The summed E-state index contributed by atoms with van der Waals surface area (Å²) in [7, 11) is 3.18. The van der Waals surface area contributed by atoms with Crippen molar-refractivity contribution in [2.45, 2.75) is 50.1 Å². The summed E-state index contributed by atoms with van der Waals surface area (Å²) in [6, 6.07) is 19.9. The van der Waals surface area contributed by atoms with E-state index in [-0.39, 0.29) is 17.9 Å². The molecule has 7 heteroatoms. The van der Waals surface area contributed by atoms with Gasteiger partial charge < -0.3 is 19.7 Å². The quantitative estimate of drug-likeness (QED) is 0.398. The fourth-order valence-electron chi connectivity index (χ4n) is 5.74. The van der Waals surface area contributed by atoms with Crippen LogP contribution in [0.4, 0.5) is 5.69 Å². The molecule has 2 atom stereocenters. The Hall–Kier alpha value is -3.51. The third kappa shape index (κ3) is 4.90. The van der Waals surface area contributed by atoms with Crippen molar-refractivity contribution in [3.8, 4) is 11.5 Å². The molecule has 0 saturated heterocycles. The molecule has 6 nitrogen and oxygen atoms in total. The lowest BCUT2D eigenvalue weighted by Gasteiger charge is -2.46. The lowest BCUT2D eigenvalue weighted by molar-refractivity contribution is -0.119. The van der Waals surface area contributed by atoms with Gasteiger partial charge >= 0.3 is 0 Å². The number of nitrogens with one attached hydrogen (secondary N) is 1. The molecule has 0 bridgehead atoms. The highest BCUT2D eigenvalue weighted by molar-refractivity contribution is 6.31. The molecule has 0 spiro atoms. The van der Waals surface area contributed by atoms with Crippen molar-refractivity contribution >= 4 is 29.1 Å². The van der Waals surface area contributed by atoms with Gasteiger partial charge in [0.05, 0.1) is 31.9 Å². The van der Waals surface area contributed by atoms with Gasteiger partial charge in [-0.25, -0.2) is 0 Å². The standard InChI is InChI=1S/C30H31ClN2O4/c1-36-22-15-12-19(13-16-22)28-27(29(34)32-25-18-20(31)14-17-26(25)37-2)23-10-6-7-11-24(23)30(35)33(28)21-8-4-3-5-9-21/h6-7,10-18,21,27-28H,3-5,8-9H2,1-2H3,(H,32,34)/t27-,28+/m0/s1. The average molecular weight is 519 g/mol.